The predicted octanol–water partition coefficient (Wildman–Crippen LogP) is 2.93. The minimum absolute atomic E-state index is 1.08. The van der Waals surface area contributed by atoms with Crippen LogP contribution in [-0.2, 0) is 0 Å². The molecule has 0 saturated heterocycles. The molecule has 0 heterocycles. The average molecular weight is 142 g/mol. The van der Waals surface area contributed by atoms with Gasteiger partial charge in [-0.05, 0) is 17.6 Å². The third-order valence-electron chi connectivity index (χ3n) is 1.87. The van der Waals surface area contributed by atoms with Gasteiger partial charge in [-0.2, -0.15) is 0 Å². The van der Waals surface area contributed by atoms with Gasteiger partial charge >= 0.3 is 0 Å². The third-order valence-corrected chi connectivity index (χ3v) is 1.87. The van der Waals surface area contributed by atoms with Crippen molar-refractivity contribution in [2.45, 2.75) is 6.42 Å². The monoisotopic (exact) mass is 142 g/mol. The molecule has 0 radical (unpaired) electrons. The van der Waals surface area contributed by atoms with Crippen LogP contribution in [0, 0.1) is 0 Å². The van der Waals surface area contributed by atoms with E-state index in [1.807, 2.05) is 0 Å². The van der Waals surface area contributed by atoms with E-state index in [4.69, 9.17) is 0 Å². The lowest BCUT2D eigenvalue weighted by molar-refractivity contribution is 1.18. The first-order valence-electron chi connectivity index (χ1n) is 3.86. The fourth-order valence-corrected chi connectivity index (χ4v) is 1.30. The van der Waals surface area contributed by atoms with Crippen LogP contribution >= 0.6 is 0 Å². The van der Waals surface area contributed by atoms with Crippen molar-refractivity contribution in [1.29, 1.82) is 0 Å². The lowest BCUT2D eigenvalue weighted by Crippen LogP contribution is -1.88. The highest BCUT2D eigenvalue weighted by molar-refractivity contribution is 5.42. The molecule has 2 aliphatic rings. The van der Waals surface area contributed by atoms with Crippen LogP contribution in [0.3, 0.4) is 0 Å². The molecule has 0 fully saturated rings. The summed E-state index contributed by atoms with van der Waals surface area (Å²) in [5, 5.41) is 0. The summed E-state index contributed by atoms with van der Waals surface area (Å²) in [6.07, 6.45) is 18.0. The average Bonchev–Trinajstić information content (AvgIpc) is 2.02. The Kier molecular flexibility index (Phi) is 1.60. The Hall–Kier alpha value is -1.30. The smallest absolute Gasteiger partial charge is 0.00258 e. The molecule has 0 heteroatoms. The van der Waals surface area contributed by atoms with Crippen LogP contribution in [0.1, 0.15) is 6.42 Å². The molecule has 0 nitrogen and oxygen atoms in total. The summed E-state index contributed by atoms with van der Waals surface area (Å²) in [6.45, 7) is 0. The Morgan fingerprint density at radius 1 is 0.727 bits per heavy atom. The molecule has 0 saturated carbocycles. The second kappa shape index (κ2) is 2.75. The summed E-state index contributed by atoms with van der Waals surface area (Å²) in [5.41, 5.74) is 2.78. The highest BCUT2D eigenvalue weighted by atomic mass is 14.1. The van der Waals surface area contributed by atoms with Crippen LogP contribution < -0.4 is 0 Å². The molecule has 11 heavy (non-hydrogen) atoms. The topological polar surface area (TPSA) is 0 Å². The van der Waals surface area contributed by atoms with Gasteiger partial charge in [0.25, 0.3) is 0 Å². The summed E-state index contributed by atoms with van der Waals surface area (Å²) in [5.74, 6) is 0. The van der Waals surface area contributed by atoms with Gasteiger partial charge < -0.3 is 0 Å². The van der Waals surface area contributed by atoms with Gasteiger partial charge in [0.2, 0.25) is 0 Å². The molecule has 0 atom stereocenters. The molecule has 0 amide bonds. The van der Waals surface area contributed by atoms with Crippen molar-refractivity contribution in [3.05, 3.63) is 59.8 Å². The predicted molar refractivity (Wildman–Crippen MR) is 48.2 cm³/mol. The number of hydrogen-bond donors (Lipinski definition) is 0. The molecule has 2 rings (SSSR count). The minimum Gasteiger partial charge on any atom is -0.0622 e. The first kappa shape index (κ1) is 6.41. The standard InChI is InChI=1S/C11H10/c1-2-5-10-7-4-8-11(9-10)6-3-1/h1-8H,9H2. The lowest BCUT2D eigenvalue weighted by Gasteiger charge is -2.08. The zero-order valence-corrected chi connectivity index (χ0v) is 6.33. The maximum absolute atomic E-state index is 2.16. The van der Waals surface area contributed by atoms with Gasteiger partial charge in [0.05, 0.1) is 0 Å². The third kappa shape index (κ3) is 1.40. The molecule has 0 aliphatic heterocycles. The number of rotatable bonds is 0. The van der Waals surface area contributed by atoms with Crippen LogP contribution in [0.25, 0.3) is 0 Å². The van der Waals surface area contributed by atoms with Crippen molar-refractivity contribution in [3.63, 3.8) is 0 Å². The van der Waals surface area contributed by atoms with Crippen molar-refractivity contribution in [2.24, 2.45) is 0 Å². The van der Waals surface area contributed by atoms with E-state index in [9.17, 15) is 0 Å². The van der Waals surface area contributed by atoms with Crippen LogP contribution in [0.15, 0.2) is 59.8 Å². The summed E-state index contributed by atoms with van der Waals surface area (Å²) >= 11 is 0. The normalized spacial score (nSPS) is 20.4. The zero-order valence-electron chi connectivity index (χ0n) is 6.33. The molecule has 0 aromatic carbocycles. The Bertz CT molecular complexity index is 296. The zero-order chi connectivity index (χ0) is 7.52. The molecule has 0 aromatic heterocycles. The molecule has 0 aromatic rings. The summed E-state index contributed by atoms with van der Waals surface area (Å²) < 4.78 is 0. The van der Waals surface area contributed by atoms with E-state index in [2.05, 4.69) is 48.6 Å². The lowest BCUT2D eigenvalue weighted by atomic mass is 9.98. The Balaban J connectivity index is 2.44. The highest BCUT2D eigenvalue weighted by Crippen LogP contribution is 2.19. The maximum atomic E-state index is 2.16. The number of hydrogen-bond acceptors (Lipinski definition) is 0. The Morgan fingerprint density at radius 3 is 2.36 bits per heavy atom. The molecule has 0 N–H and O–H groups in total. The van der Waals surface area contributed by atoms with Gasteiger partial charge in [-0.1, -0.05) is 48.6 Å². The summed E-state index contributed by atoms with van der Waals surface area (Å²) in [6, 6.07) is 0. The van der Waals surface area contributed by atoms with Gasteiger partial charge in [0.15, 0.2) is 0 Å². The SMILES string of the molecule is C1=CC=C2C=CC=C(C=C1)C2. The van der Waals surface area contributed by atoms with Crippen molar-refractivity contribution in [2.75, 3.05) is 0 Å². The molecule has 0 spiro atoms. The van der Waals surface area contributed by atoms with Crippen LogP contribution in [0.4, 0.5) is 0 Å². The van der Waals surface area contributed by atoms with E-state index in [0.717, 1.165) is 6.42 Å². The molecule has 2 aliphatic carbocycles. The molecule has 2 bridgehead atoms. The van der Waals surface area contributed by atoms with E-state index in [0.29, 0.717) is 0 Å². The van der Waals surface area contributed by atoms with E-state index in [1.165, 1.54) is 11.1 Å². The van der Waals surface area contributed by atoms with Gasteiger partial charge in [0, 0.05) is 0 Å². The van der Waals surface area contributed by atoms with Crippen molar-refractivity contribution in [3.8, 4) is 0 Å². The van der Waals surface area contributed by atoms with Crippen LogP contribution in [-0.4, -0.2) is 0 Å². The number of fused-ring (bicyclic) bond motifs is 2. The second-order valence-electron chi connectivity index (χ2n) is 2.76. The Morgan fingerprint density at radius 2 is 1.45 bits per heavy atom. The first-order valence-corrected chi connectivity index (χ1v) is 3.86. The van der Waals surface area contributed by atoms with E-state index in [-0.39, 0.29) is 0 Å². The van der Waals surface area contributed by atoms with Crippen molar-refractivity contribution in [1.82, 2.24) is 0 Å². The second-order valence-corrected chi connectivity index (χ2v) is 2.76. The number of allylic oxidation sites excluding steroid dienone is 10. The van der Waals surface area contributed by atoms with Gasteiger partial charge in [-0.25, -0.2) is 0 Å². The fourth-order valence-electron chi connectivity index (χ4n) is 1.30. The molecule has 0 unspecified atom stereocenters. The fraction of sp³-hybridized carbons (Fsp3) is 0.0909. The van der Waals surface area contributed by atoms with E-state index < -0.39 is 0 Å². The molecular weight excluding hydrogens is 132 g/mol. The molecular formula is C11H10. The first-order chi connectivity index (χ1) is 5.45. The van der Waals surface area contributed by atoms with Gasteiger partial charge in [0.1, 0.15) is 0 Å². The minimum atomic E-state index is 1.08. The summed E-state index contributed by atoms with van der Waals surface area (Å²) in [4.78, 5) is 0. The Labute approximate surface area is 66.9 Å². The van der Waals surface area contributed by atoms with E-state index in [1.54, 1.807) is 0 Å². The van der Waals surface area contributed by atoms with Gasteiger partial charge in [-0.3, -0.25) is 0 Å². The molecule has 54 valence electrons. The summed E-state index contributed by atoms with van der Waals surface area (Å²) in [7, 11) is 0. The van der Waals surface area contributed by atoms with Crippen LogP contribution in [0.5, 0.6) is 0 Å². The largest absolute Gasteiger partial charge is 0.0622 e. The van der Waals surface area contributed by atoms with Crippen molar-refractivity contribution < 1.29 is 0 Å². The quantitative estimate of drug-likeness (QED) is 0.488. The van der Waals surface area contributed by atoms with E-state index >= 15 is 0 Å². The van der Waals surface area contributed by atoms with Gasteiger partial charge in [-0.15, -0.1) is 0 Å². The van der Waals surface area contributed by atoms with Crippen molar-refractivity contribution >= 4 is 0 Å². The van der Waals surface area contributed by atoms with Crippen LogP contribution in [0.2, 0.25) is 0 Å². The highest BCUT2D eigenvalue weighted by Gasteiger charge is 2.00. The maximum Gasteiger partial charge on any atom is -0.00258 e.